The summed E-state index contributed by atoms with van der Waals surface area (Å²) >= 11 is 0. The first-order valence-electron chi connectivity index (χ1n) is 6.92. The molecule has 4 nitrogen and oxygen atoms in total. The maximum absolute atomic E-state index is 5.86. The first-order chi connectivity index (χ1) is 9.09. The average molecular weight is 295 g/mol. The number of halogens is 1. The van der Waals surface area contributed by atoms with Gasteiger partial charge in [0, 0.05) is 20.1 Å². The zero-order valence-electron chi connectivity index (χ0n) is 12.2. The van der Waals surface area contributed by atoms with E-state index in [4.69, 9.17) is 5.73 Å². The minimum Gasteiger partial charge on any atom is -0.334 e. The molecule has 2 N–H and O–H groups in total. The first kappa shape index (κ1) is 15.3. The van der Waals surface area contributed by atoms with Gasteiger partial charge in [-0.25, -0.2) is 4.98 Å². The Bertz CT molecular complexity index is 595. The molecule has 0 amide bonds. The van der Waals surface area contributed by atoms with Gasteiger partial charge < -0.3 is 10.3 Å². The molecule has 1 aliphatic heterocycles. The monoisotopic (exact) mass is 294 g/mol. The van der Waals surface area contributed by atoms with Crippen molar-refractivity contribution in [2.24, 2.45) is 18.2 Å². The largest absolute Gasteiger partial charge is 0.334 e. The van der Waals surface area contributed by atoms with Crippen LogP contribution in [0.2, 0.25) is 0 Å². The number of rotatable bonds is 3. The van der Waals surface area contributed by atoms with Crippen LogP contribution in [0.5, 0.6) is 0 Å². The number of nitrogens with zero attached hydrogens (tertiary/aromatic N) is 3. The second-order valence-corrected chi connectivity index (χ2v) is 6.15. The van der Waals surface area contributed by atoms with Crippen molar-refractivity contribution in [2.45, 2.75) is 19.9 Å². The van der Waals surface area contributed by atoms with Gasteiger partial charge in [-0.1, -0.05) is 13.0 Å². The number of hydrogen-bond acceptors (Lipinski definition) is 3. The van der Waals surface area contributed by atoms with Crippen molar-refractivity contribution in [3.8, 4) is 0 Å². The Labute approximate surface area is 126 Å². The summed E-state index contributed by atoms with van der Waals surface area (Å²) in [6.07, 6.45) is 3.07. The summed E-state index contributed by atoms with van der Waals surface area (Å²) in [7, 11) is 2.03. The molecule has 0 saturated carbocycles. The van der Waals surface area contributed by atoms with Gasteiger partial charge >= 0.3 is 0 Å². The van der Waals surface area contributed by atoms with Crippen LogP contribution in [0.15, 0.2) is 24.5 Å². The SMILES string of the molecule is Cl.Cn1cnc2cc(CN3CCC(C)(CN)C3)ccc21. The van der Waals surface area contributed by atoms with Gasteiger partial charge in [0.25, 0.3) is 0 Å². The van der Waals surface area contributed by atoms with Gasteiger partial charge in [-0.05, 0) is 42.6 Å². The Hall–Kier alpha value is -1.10. The van der Waals surface area contributed by atoms with E-state index in [-0.39, 0.29) is 12.4 Å². The molecule has 0 aliphatic carbocycles. The van der Waals surface area contributed by atoms with E-state index < -0.39 is 0 Å². The lowest BCUT2D eigenvalue weighted by molar-refractivity contribution is 0.274. The van der Waals surface area contributed by atoms with E-state index in [9.17, 15) is 0 Å². The third-order valence-electron chi connectivity index (χ3n) is 4.33. The van der Waals surface area contributed by atoms with Crippen LogP contribution < -0.4 is 5.73 Å². The van der Waals surface area contributed by atoms with Crippen molar-refractivity contribution in [1.29, 1.82) is 0 Å². The fourth-order valence-corrected chi connectivity index (χ4v) is 2.97. The number of aromatic nitrogens is 2. The maximum Gasteiger partial charge on any atom is 0.0955 e. The number of hydrogen-bond donors (Lipinski definition) is 1. The summed E-state index contributed by atoms with van der Waals surface area (Å²) < 4.78 is 2.06. The highest BCUT2D eigenvalue weighted by atomic mass is 35.5. The standard InChI is InChI=1S/C15H22N4.ClH/c1-15(9-16)5-6-19(10-15)8-12-3-4-14-13(7-12)17-11-18(14)2;/h3-4,7,11H,5-6,8-10,16H2,1-2H3;1H. The molecule has 1 saturated heterocycles. The van der Waals surface area contributed by atoms with Gasteiger partial charge in [-0.3, -0.25) is 4.90 Å². The predicted octanol–water partition coefficient (Wildman–Crippen LogP) is 2.17. The molecular formula is C15H23ClN4. The van der Waals surface area contributed by atoms with Crippen molar-refractivity contribution < 1.29 is 0 Å². The van der Waals surface area contributed by atoms with Crippen LogP contribution in [0, 0.1) is 5.41 Å². The summed E-state index contributed by atoms with van der Waals surface area (Å²) in [4.78, 5) is 6.92. The summed E-state index contributed by atoms with van der Waals surface area (Å²) in [5, 5.41) is 0. The van der Waals surface area contributed by atoms with Gasteiger partial charge in [0.15, 0.2) is 0 Å². The molecule has 0 spiro atoms. The number of benzene rings is 1. The Morgan fingerprint density at radius 1 is 1.40 bits per heavy atom. The molecule has 1 unspecified atom stereocenters. The van der Waals surface area contributed by atoms with Crippen molar-refractivity contribution in [3.63, 3.8) is 0 Å². The number of nitrogens with two attached hydrogens (primary N) is 1. The second-order valence-electron chi connectivity index (χ2n) is 6.15. The van der Waals surface area contributed by atoms with Gasteiger partial charge in [-0.2, -0.15) is 0 Å². The quantitative estimate of drug-likeness (QED) is 0.944. The molecule has 110 valence electrons. The minimum absolute atomic E-state index is 0. The van der Waals surface area contributed by atoms with Crippen molar-refractivity contribution in [1.82, 2.24) is 14.5 Å². The molecular weight excluding hydrogens is 272 g/mol. The highest BCUT2D eigenvalue weighted by Gasteiger charge is 2.32. The molecule has 2 heterocycles. The van der Waals surface area contributed by atoms with Gasteiger partial charge in [0.1, 0.15) is 0 Å². The van der Waals surface area contributed by atoms with Crippen LogP contribution in [0.1, 0.15) is 18.9 Å². The number of fused-ring (bicyclic) bond motifs is 1. The molecule has 0 radical (unpaired) electrons. The highest BCUT2D eigenvalue weighted by Crippen LogP contribution is 2.29. The number of likely N-dealkylation sites (tertiary alicyclic amines) is 1. The average Bonchev–Trinajstić information content (AvgIpc) is 2.95. The molecule has 1 aromatic heterocycles. The predicted molar refractivity (Wildman–Crippen MR) is 85.0 cm³/mol. The molecule has 5 heteroatoms. The van der Waals surface area contributed by atoms with E-state index in [2.05, 4.69) is 39.6 Å². The zero-order valence-corrected chi connectivity index (χ0v) is 13.0. The lowest BCUT2D eigenvalue weighted by Gasteiger charge is -2.22. The van der Waals surface area contributed by atoms with Crippen LogP contribution in [-0.4, -0.2) is 34.1 Å². The van der Waals surface area contributed by atoms with Crippen LogP contribution in [0.25, 0.3) is 11.0 Å². The van der Waals surface area contributed by atoms with E-state index in [1.165, 1.54) is 17.5 Å². The summed E-state index contributed by atoms with van der Waals surface area (Å²) in [5.74, 6) is 0. The molecule has 3 rings (SSSR count). The summed E-state index contributed by atoms with van der Waals surface area (Å²) in [6, 6.07) is 6.57. The minimum atomic E-state index is 0. The van der Waals surface area contributed by atoms with Gasteiger partial charge in [0.2, 0.25) is 0 Å². The third-order valence-corrected chi connectivity index (χ3v) is 4.33. The van der Waals surface area contributed by atoms with Crippen molar-refractivity contribution in [3.05, 3.63) is 30.1 Å². The second kappa shape index (κ2) is 5.72. The van der Waals surface area contributed by atoms with E-state index >= 15 is 0 Å². The summed E-state index contributed by atoms with van der Waals surface area (Å²) in [6.45, 7) is 6.32. The maximum atomic E-state index is 5.86. The Morgan fingerprint density at radius 3 is 2.90 bits per heavy atom. The lowest BCUT2D eigenvalue weighted by atomic mass is 9.90. The van der Waals surface area contributed by atoms with E-state index in [1.54, 1.807) is 0 Å². The van der Waals surface area contributed by atoms with Crippen LogP contribution in [0.4, 0.5) is 0 Å². The first-order valence-corrected chi connectivity index (χ1v) is 6.92. The molecule has 1 aromatic carbocycles. The molecule has 20 heavy (non-hydrogen) atoms. The molecule has 1 aliphatic rings. The highest BCUT2D eigenvalue weighted by molar-refractivity contribution is 5.85. The van der Waals surface area contributed by atoms with Crippen LogP contribution >= 0.6 is 12.4 Å². The molecule has 0 bridgehead atoms. The van der Waals surface area contributed by atoms with Crippen LogP contribution in [-0.2, 0) is 13.6 Å². The van der Waals surface area contributed by atoms with E-state index in [0.29, 0.717) is 5.41 Å². The smallest absolute Gasteiger partial charge is 0.0955 e. The third kappa shape index (κ3) is 2.82. The van der Waals surface area contributed by atoms with Crippen molar-refractivity contribution in [2.75, 3.05) is 19.6 Å². The Kier molecular flexibility index (Phi) is 4.37. The van der Waals surface area contributed by atoms with E-state index in [1.807, 2.05) is 13.4 Å². The fourth-order valence-electron chi connectivity index (χ4n) is 2.97. The lowest BCUT2D eigenvalue weighted by Crippen LogP contribution is -2.31. The van der Waals surface area contributed by atoms with Crippen LogP contribution in [0.3, 0.4) is 0 Å². The van der Waals surface area contributed by atoms with Gasteiger partial charge in [-0.15, -0.1) is 12.4 Å². The molecule has 2 aromatic rings. The number of imidazole rings is 1. The molecule has 1 atom stereocenters. The van der Waals surface area contributed by atoms with E-state index in [0.717, 1.165) is 31.7 Å². The Morgan fingerprint density at radius 2 is 2.20 bits per heavy atom. The molecule has 1 fully saturated rings. The normalized spacial score (nSPS) is 23.1. The van der Waals surface area contributed by atoms with Gasteiger partial charge in [0.05, 0.1) is 17.4 Å². The topological polar surface area (TPSA) is 47.1 Å². The zero-order chi connectivity index (χ0) is 13.5. The summed E-state index contributed by atoms with van der Waals surface area (Å²) in [5.41, 5.74) is 9.78. The fraction of sp³-hybridized carbons (Fsp3) is 0.533. The van der Waals surface area contributed by atoms with Crippen molar-refractivity contribution >= 4 is 23.4 Å². The Balaban J connectivity index is 0.00000147. The number of aryl methyl sites for hydroxylation is 1.